The number of halogens is 2. The van der Waals surface area contributed by atoms with Crippen molar-refractivity contribution in [3.63, 3.8) is 0 Å². The molecule has 2 heterocycles. The molecular weight excluding hydrogens is 572 g/mol. The molecule has 0 bridgehead atoms. The van der Waals surface area contributed by atoms with Gasteiger partial charge in [-0.05, 0) is 80.5 Å². The molecule has 0 aliphatic carbocycles. The van der Waals surface area contributed by atoms with Crippen molar-refractivity contribution in [2.45, 2.75) is 51.7 Å². The van der Waals surface area contributed by atoms with E-state index in [1.807, 2.05) is 81.4 Å². The Morgan fingerprint density at radius 2 is 1.62 bits per heavy atom. The summed E-state index contributed by atoms with van der Waals surface area (Å²) in [4.78, 5) is 18.4. The van der Waals surface area contributed by atoms with Gasteiger partial charge in [0.05, 0.1) is 22.3 Å². The van der Waals surface area contributed by atoms with E-state index in [9.17, 15) is 13.6 Å². The van der Waals surface area contributed by atoms with Crippen LogP contribution in [-0.2, 0) is 16.1 Å². The van der Waals surface area contributed by atoms with Crippen LogP contribution in [0.15, 0.2) is 91.0 Å². The average Bonchev–Trinajstić information content (AvgIpc) is 3.04. The number of carbonyl (C=O) groups is 1. The Kier molecular flexibility index (Phi) is 8.63. The third-order valence-corrected chi connectivity index (χ3v) is 7.84. The SMILES string of the molecule is CC(C)(C)OC(=O)c1cccc(-c2nc(C3CCOCC3)c(-c3ccc(F)c(F)c3)c3cccc(OCc4ccccc4)c23)c1. The number of pyridine rings is 1. The van der Waals surface area contributed by atoms with Crippen LogP contribution < -0.4 is 4.74 Å². The molecule has 1 fully saturated rings. The van der Waals surface area contributed by atoms with Gasteiger partial charge in [-0.1, -0.05) is 60.7 Å². The van der Waals surface area contributed by atoms with E-state index in [1.165, 1.54) is 6.07 Å². The first-order valence-corrected chi connectivity index (χ1v) is 15.2. The molecule has 6 rings (SSSR count). The fourth-order valence-electron chi connectivity index (χ4n) is 5.77. The predicted octanol–water partition coefficient (Wildman–Crippen LogP) is 9.28. The largest absolute Gasteiger partial charge is 0.488 e. The summed E-state index contributed by atoms with van der Waals surface area (Å²) < 4.78 is 46.6. The van der Waals surface area contributed by atoms with E-state index >= 15 is 0 Å². The zero-order chi connectivity index (χ0) is 31.6. The molecule has 1 aromatic heterocycles. The van der Waals surface area contributed by atoms with Gasteiger partial charge in [-0.2, -0.15) is 0 Å². The molecule has 0 atom stereocenters. The van der Waals surface area contributed by atoms with Gasteiger partial charge in [0, 0.05) is 30.3 Å². The molecule has 4 aromatic carbocycles. The summed E-state index contributed by atoms with van der Waals surface area (Å²) in [7, 11) is 0. The van der Waals surface area contributed by atoms with Crippen molar-refractivity contribution in [2.24, 2.45) is 0 Å². The Morgan fingerprint density at radius 1 is 0.867 bits per heavy atom. The van der Waals surface area contributed by atoms with Gasteiger partial charge in [0.2, 0.25) is 0 Å². The number of benzene rings is 4. The van der Waals surface area contributed by atoms with E-state index in [0.717, 1.165) is 41.1 Å². The maximum Gasteiger partial charge on any atom is 0.338 e. The van der Waals surface area contributed by atoms with Gasteiger partial charge < -0.3 is 14.2 Å². The van der Waals surface area contributed by atoms with Crippen LogP contribution in [0.25, 0.3) is 33.2 Å². The minimum absolute atomic E-state index is 0.0212. The van der Waals surface area contributed by atoms with E-state index in [-0.39, 0.29) is 5.92 Å². The third kappa shape index (κ3) is 6.74. The van der Waals surface area contributed by atoms with Crippen LogP contribution in [-0.4, -0.2) is 29.8 Å². The maximum atomic E-state index is 14.7. The number of esters is 1. The first kappa shape index (κ1) is 30.4. The Bertz CT molecular complexity index is 1840. The lowest BCUT2D eigenvalue weighted by Gasteiger charge is -2.26. The van der Waals surface area contributed by atoms with E-state index in [2.05, 4.69) is 0 Å². The molecule has 5 nitrogen and oxygen atoms in total. The molecule has 0 saturated carbocycles. The summed E-state index contributed by atoms with van der Waals surface area (Å²) in [5.74, 6) is -1.66. The number of carbonyl (C=O) groups excluding carboxylic acids is 1. The van der Waals surface area contributed by atoms with Gasteiger partial charge in [-0.3, -0.25) is 4.98 Å². The van der Waals surface area contributed by atoms with Crippen molar-refractivity contribution >= 4 is 16.7 Å². The first-order chi connectivity index (χ1) is 21.7. The monoisotopic (exact) mass is 607 g/mol. The van der Waals surface area contributed by atoms with Gasteiger partial charge in [-0.15, -0.1) is 0 Å². The molecule has 0 spiro atoms. The highest BCUT2D eigenvalue weighted by molar-refractivity contribution is 6.08. The topological polar surface area (TPSA) is 57.7 Å². The number of rotatable bonds is 7. The molecule has 0 radical (unpaired) electrons. The van der Waals surface area contributed by atoms with Crippen LogP contribution in [0.1, 0.15) is 61.1 Å². The van der Waals surface area contributed by atoms with Gasteiger partial charge in [0.15, 0.2) is 11.6 Å². The third-order valence-electron chi connectivity index (χ3n) is 7.84. The standard InChI is InChI=1S/C38H35F2NO4/c1-38(2,3)45-37(42)28-12-7-11-27(21-28)36-34-29(13-8-14-32(34)44-23-24-9-5-4-6-10-24)33(26-15-16-30(39)31(40)22-26)35(41-36)25-17-19-43-20-18-25/h4-16,21-22,25H,17-20,23H2,1-3H3. The Labute approximate surface area is 261 Å². The quantitative estimate of drug-likeness (QED) is 0.173. The molecule has 45 heavy (non-hydrogen) atoms. The molecule has 0 unspecified atom stereocenters. The van der Waals surface area contributed by atoms with Crippen LogP contribution in [0.2, 0.25) is 0 Å². The van der Waals surface area contributed by atoms with Crippen LogP contribution in [0, 0.1) is 11.6 Å². The Hall–Kier alpha value is -4.62. The van der Waals surface area contributed by atoms with Crippen LogP contribution in [0.5, 0.6) is 5.75 Å². The van der Waals surface area contributed by atoms with Crippen LogP contribution in [0.4, 0.5) is 8.78 Å². The molecule has 0 amide bonds. The first-order valence-electron chi connectivity index (χ1n) is 15.2. The molecule has 1 aliphatic heterocycles. The fourth-order valence-corrected chi connectivity index (χ4v) is 5.77. The summed E-state index contributed by atoms with van der Waals surface area (Å²) in [6.45, 7) is 6.96. The second-order valence-electron chi connectivity index (χ2n) is 12.3. The second kappa shape index (κ2) is 12.8. The van der Waals surface area contributed by atoms with Crippen molar-refractivity contribution in [1.29, 1.82) is 0 Å². The number of ether oxygens (including phenoxy) is 3. The Morgan fingerprint density at radius 3 is 2.36 bits per heavy atom. The number of hydrogen-bond donors (Lipinski definition) is 0. The molecule has 5 aromatic rings. The highest BCUT2D eigenvalue weighted by Crippen LogP contribution is 2.45. The highest BCUT2D eigenvalue weighted by atomic mass is 19.2. The van der Waals surface area contributed by atoms with Gasteiger partial charge in [0.1, 0.15) is 18.0 Å². The second-order valence-corrected chi connectivity index (χ2v) is 12.3. The van der Waals surface area contributed by atoms with Crippen LogP contribution >= 0.6 is 0 Å². The van der Waals surface area contributed by atoms with Crippen LogP contribution in [0.3, 0.4) is 0 Å². The summed E-state index contributed by atoms with van der Waals surface area (Å²) in [6, 6.07) is 26.8. The average molecular weight is 608 g/mol. The lowest BCUT2D eigenvalue weighted by atomic mass is 9.86. The zero-order valence-electron chi connectivity index (χ0n) is 25.6. The maximum absolute atomic E-state index is 14.7. The summed E-state index contributed by atoms with van der Waals surface area (Å²) in [5, 5.41) is 1.51. The number of fused-ring (bicyclic) bond motifs is 1. The van der Waals surface area contributed by atoms with Crippen molar-refractivity contribution in [3.8, 4) is 28.1 Å². The van der Waals surface area contributed by atoms with Crippen molar-refractivity contribution in [3.05, 3.63) is 119 Å². The molecule has 230 valence electrons. The van der Waals surface area contributed by atoms with Crippen molar-refractivity contribution in [1.82, 2.24) is 4.98 Å². The normalized spacial score (nSPS) is 14.0. The number of nitrogens with zero attached hydrogens (tertiary/aromatic N) is 1. The van der Waals surface area contributed by atoms with Crippen molar-refractivity contribution in [2.75, 3.05) is 13.2 Å². The molecule has 7 heteroatoms. The van der Waals surface area contributed by atoms with E-state index < -0.39 is 23.2 Å². The highest BCUT2D eigenvalue weighted by Gasteiger charge is 2.27. The lowest BCUT2D eigenvalue weighted by molar-refractivity contribution is 0.00695. The fraction of sp³-hybridized carbons (Fsp3) is 0.263. The van der Waals surface area contributed by atoms with Gasteiger partial charge in [-0.25, -0.2) is 13.6 Å². The molecular formula is C38H35F2NO4. The molecule has 1 saturated heterocycles. The summed E-state index contributed by atoms with van der Waals surface area (Å²) >= 11 is 0. The number of hydrogen-bond acceptors (Lipinski definition) is 5. The van der Waals surface area contributed by atoms with E-state index in [1.54, 1.807) is 18.2 Å². The van der Waals surface area contributed by atoms with E-state index in [0.29, 0.717) is 53.3 Å². The smallest absolute Gasteiger partial charge is 0.338 e. The molecule has 0 N–H and O–H groups in total. The Balaban J connectivity index is 1.61. The molecule has 1 aliphatic rings. The predicted molar refractivity (Wildman–Crippen MR) is 171 cm³/mol. The lowest BCUT2D eigenvalue weighted by Crippen LogP contribution is -2.23. The zero-order valence-corrected chi connectivity index (χ0v) is 25.6. The van der Waals surface area contributed by atoms with Gasteiger partial charge in [0.25, 0.3) is 0 Å². The minimum atomic E-state index is -0.927. The van der Waals surface area contributed by atoms with Gasteiger partial charge >= 0.3 is 5.97 Å². The summed E-state index contributed by atoms with van der Waals surface area (Å²) in [5.41, 5.74) is 4.12. The number of aromatic nitrogens is 1. The minimum Gasteiger partial charge on any atom is -0.488 e. The van der Waals surface area contributed by atoms with E-state index in [4.69, 9.17) is 19.2 Å². The summed E-state index contributed by atoms with van der Waals surface area (Å²) in [6.07, 6.45) is 1.47. The van der Waals surface area contributed by atoms with Crippen molar-refractivity contribution < 1.29 is 27.8 Å².